The zero-order chi connectivity index (χ0) is 14.2. The van der Waals surface area contributed by atoms with Gasteiger partial charge in [-0.1, -0.05) is 6.92 Å². The van der Waals surface area contributed by atoms with Crippen LogP contribution < -0.4 is 0 Å². The second kappa shape index (κ2) is 8.74. The lowest BCUT2D eigenvalue weighted by Crippen LogP contribution is -2.30. The van der Waals surface area contributed by atoms with Gasteiger partial charge in [0.05, 0.1) is 24.2 Å². The number of hydrogen-bond acceptors (Lipinski definition) is 6. The van der Waals surface area contributed by atoms with Gasteiger partial charge in [0.15, 0.2) is 0 Å². The highest BCUT2D eigenvalue weighted by Crippen LogP contribution is 2.21. The minimum absolute atomic E-state index is 0.0372. The smallest absolute Gasteiger partial charge is 0.311 e. The Hall–Kier alpha value is -0.300. The molecule has 0 aromatic rings. The van der Waals surface area contributed by atoms with Crippen LogP contribution in [0.2, 0.25) is 0 Å². The first-order chi connectivity index (χ1) is 8.33. The average molecular weight is 280 g/mol. The summed E-state index contributed by atoms with van der Waals surface area (Å²) in [6.45, 7) is 5.18. The van der Waals surface area contributed by atoms with Crippen LogP contribution in [0.25, 0.3) is 0 Å². The third-order valence-corrected chi connectivity index (χ3v) is 3.92. The Labute approximate surface area is 113 Å². The van der Waals surface area contributed by atoms with Crippen LogP contribution in [0.5, 0.6) is 0 Å². The number of esters is 1. The molecule has 0 rings (SSSR count). The van der Waals surface area contributed by atoms with Crippen molar-refractivity contribution < 1.29 is 24.9 Å². The first-order valence-corrected chi connectivity index (χ1v) is 7.21. The molecule has 6 heteroatoms. The molecule has 0 saturated carbocycles. The van der Waals surface area contributed by atoms with Crippen LogP contribution in [0.15, 0.2) is 0 Å². The van der Waals surface area contributed by atoms with Crippen LogP contribution in [0.1, 0.15) is 27.2 Å². The molecule has 0 aliphatic heterocycles. The molecule has 18 heavy (non-hydrogen) atoms. The molecule has 5 nitrogen and oxygen atoms in total. The van der Waals surface area contributed by atoms with Gasteiger partial charge in [-0.2, -0.15) is 11.8 Å². The summed E-state index contributed by atoms with van der Waals surface area (Å²) < 4.78 is 5.03. The zero-order valence-corrected chi connectivity index (χ0v) is 12.1. The fourth-order valence-corrected chi connectivity index (χ4v) is 1.83. The van der Waals surface area contributed by atoms with Crippen molar-refractivity contribution in [2.75, 3.05) is 24.7 Å². The van der Waals surface area contributed by atoms with Crippen LogP contribution in [-0.2, 0) is 9.53 Å². The summed E-state index contributed by atoms with van der Waals surface area (Å²) in [5, 5.41) is 27.3. The van der Waals surface area contributed by atoms with Gasteiger partial charge in [0, 0.05) is 11.5 Å². The minimum atomic E-state index is -0.774. The lowest BCUT2D eigenvalue weighted by Gasteiger charge is -2.21. The normalized spacial score (nSPS) is 15.2. The molecule has 2 unspecified atom stereocenters. The van der Waals surface area contributed by atoms with Gasteiger partial charge in [0.1, 0.15) is 6.61 Å². The quantitative estimate of drug-likeness (QED) is 0.530. The molecule has 0 aromatic heterocycles. The number of hydrogen-bond donors (Lipinski definition) is 3. The highest BCUT2D eigenvalue weighted by atomic mass is 32.2. The zero-order valence-electron chi connectivity index (χ0n) is 11.3. The van der Waals surface area contributed by atoms with Crippen molar-refractivity contribution in [2.45, 2.75) is 39.4 Å². The summed E-state index contributed by atoms with van der Waals surface area (Å²) in [6, 6.07) is 0. The van der Waals surface area contributed by atoms with E-state index in [4.69, 9.17) is 14.9 Å². The van der Waals surface area contributed by atoms with E-state index in [-0.39, 0.29) is 19.2 Å². The average Bonchev–Trinajstić information content (AvgIpc) is 2.35. The van der Waals surface area contributed by atoms with Crippen molar-refractivity contribution >= 4 is 17.7 Å². The summed E-state index contributed by atoms with van der Waals surface area (Å²) in [4.78, 5) is 11.6. The monoisotopic (exact) mass is 280 g/mol. The van der Waals surface area contributed by atoms with Crippen molar-refractivity contribution in [2.24, 2.45) is 5.41 Å². The standard InChI is InChI=1S/C12H24O5S/c1-4-12(2,3)11(16)17-6-10(15)8-18-7-9(14)5-13/h9-10,13-15H,4-8H2,1-3H3. The largest absolute Gasteiger partial charge is 0.462 e. The maximum Gasteiger partial charge on any atom is 0.311 e. The molecule has 0 aliphatic rings. The second-order valence-corrected chi connectivity index (χ2v) is 5.94. The third-order valence-electron chi connectivity index (χ3n) is 2.67. The van der Waals surface area contributed by atoms with Gasteiger partial charge < -0.3 is 20.1 Å². The number of rotatable bonds is 9. The fourth-order valence-electron chi connectivity index (χ4n) is 0.953. The summed E-state index contributed by atoms with van der Waals surface area (Å²) in [7, 11) is 0. The number of carbonyl (C=O) groups is 1. The maximum absolute atomic E-state index is 11.6. The molecule has 0 bridgehead atoms. The summed E-state index contributed by atoms with van der Waals surface area (Å²) in [6.07, 6.45) is -0.847. The predicted octanol–water partition coefficient (Wildman–Crippen LogP) is 0.413. The second-order valence-electron chi connectivity index (χ2n) is 4.86. The van der Waals surface area contributed by atoms with E-state index < -0.39 is 17.6 Å². The molecule has 0 heterocycles. The molecule has 0 aliphatic carbocycles. The Morgan fingerprint density at radius 1 is 1.28 bits per heavy atom. The van der Waals surface area contributed by atoms with Crippen LogP contribution >= 0.6 is 11.8 Å². The third kappa shape index (κ3) is 7.20. The van der Waals surface area contributed by atoms with E-state index in [2.05, 4.69) is 0 Å². The number of thioether (sulfide) groups is 1. The molecule has 2 atom stereocenters. The Bertz CT molecular complexity index is 245. The number of ether oxygens (including phenoxy) is 1. The Morgan fingerprint density at radius 2 is 1.83 bits per heavy atom. The topological polar surface area (TPSA) is 87.0 Å². The van der Waals surface area contributed by atoms with Crippen molar-refractivity contribution in [3.63, 3.8) is 0 Å². The number of carbonyl (C=O) groups excluding carboxylic acids is 1. The minimum Gasteiger partial charge on any atom is -0.462 e. The highest BCUT2D eigenvalue weighted by molar-refractivity contribution is 7.99. The molecule has 0 aromatic carbocycles. The molecule has 108 valence electrons. The van der Waals surface area contributed by atoms with Crippen molar-refractivity contribution in [1.29, 1.82) is 0 Å². The van der Waals surface area contributed by atoms with Gasteiger partial charge in [-0.25, -0.2) is 0 Å². The molecule has 0 fully saturated rings. The Morgan fingerprint density at radius 3 is 2.33 bits per heavy atom. The lowest BCUT2D eigenvalue weighted by atomic mass is 9.91. The number of aliphatic hydroxyl groups is 3. The molecule has 0 radical (unpaired) electrons. The molecule has 0 saturated heterocycles. The van der Waals surface area contributed by atoms with Crippen LogP contribution in [0.3, 0.4) is 0 Å². The van der Waals surface area contributed by atoms with Crippen molar-refractivity contribution in [3.05, 3.63) is 0 Å². The van der Waals surface area contributed by atoms with E-state index in [1.54, 1.807) is 13.8 Å². The molecule has 0 amide bonds. The van der Waals surface area contributed by atoms with E-state index >= 15 is 0 Å². The number of aliphatic hydroxyl groups excluding tert-OH is 3. The van der Waals surface area contributed by atoms with Crippen LogP contribution in [0.4, 0.5) is 0 Å². The van der Waals surface area contributed by atoms with Crippen LogP contribution in [-0.4, -0.2) is 58.2 Å². The fraction of sp³-hybridized carbons (Fsp3) is 0.917. The van der Waals surface area contributed by atoms with E-state index in [1.165, 1.54) is 11.8 Å². The molecule has 3 N–H and O–H groups in total. The molecule has 0 spiro atoms. The van der Waals surface area contributed by atoms with Gasteiger partial charge in [-0.05, 0) is 20.3 Å². The van der Waals surface area contributed by atoms with Crippen molar-refractivity contribution in [3.8, 4) is 0 Å². The first kappa shape index (κ1) is 17.7. The van der Waals surface area contributed by atoms with Gasteiger partial charge in [0.2, 0.25) is 0 Å². The first-order valence-electron chi connectivity index (χ1n) is 6.05. The summed E-state index contributed by atoms with van der Waals surface area (Å²) >= 11 is 1.31. The van der Waals surface area contributed by atoms with Gasteiger partial charge in [-0.3, -0.25) is 4.79 Å². The lowest BCUT2D eigenvalue weighted by molar-refractivity contribution is -0.156. The van der Waals surface area contributed by atoms with E-state index in [0.29, 0.717) is 17.9 Å². The van der Waals surface area contributed by atoms with Crippen molar-refractivity contribution in [1.82, 2.24) is 0 Å². The van der Waals surface area contributed by atoms with E-state index in [9.17, 15) is 9.90 Å². The van der Waals surface area contributed by atoms with Gasteiger partial charge in [-0.15, -0.1) is 0 Å². The summed E-state index contributed by atoms with van der Waals surface area (Å²) in [5.41, 5.74) is -0.528. The Balaban J connectivity index is 3.77. The van der Waals surface area contributed by atoms with Gasteiger partial charge in [0.25, 0.3) is 0 Å². The summed E-state index contributed by atoms with van der Waals surface area (Å²) in [5.74, 6) is 0.392. The van der Waals surface area contributed by atoms with E-state index in [0.717, 1.165) is 0 Å². The SMILES string of the molecule is CCC(C)(C)C(=O)OCC(O)CSCC(O)CO. The molecular weight excluding hydrogens is 256 g/mol. The van der Waals surface area contributed by atoms with Gasteiger partial charge >= 0.3 is 5.97 Å². The van der Waals surface area contributed by atoms with Crippen LogP contribution in [0, 0.1) is 5.41 Å². The molecular formula is C12H24O5S. The Kier molecular flexibility index (Phi) is 8.60. The predicted molar refractivity (Wildman–Crippen MR) is 71.5 cm³/mol. The highest BCUT2D eigenvalue weighted by Gasteiger charge is 2.27. The maximum atomic E-state index is 11.6. The van der Waals surface area contributed by atoms with E-state index in [1.807, 2.05) is 6.92 Å².